The molecule has 8 nitrogen and oxygen atoms in total. The number of aromatic nitrogens is 3. The second kappa shape index (κ2) is 6.92. The third kappa shape index (κ3) is 3.34. The topological polar surface area (TPSA) is 94.2 Å². The van der Waals surface area contributed by atoms with Crippen molar-refractivity contribution in [3.8, 4) is 0 Å². The summed E-state index contributed by atoms with van der Waals surface area (Å²) >= 11 is 0. The van der Waals surface area contributed by atoms with Gasteiger partial charge in [0, 0.05) is 31.9 Å². The summed E-state index contributed by atoms with van der Waals surface area (Å²) in [7, 11) is 1.79. The zero-order valence-electron chi connectivity index (χ0n) is 16.5. The molecule has 0 aromatic carbocycles. The van der Waals surface area contributed by atoms with Crippen LogP contribution in [-0.2, 0) is 4.79 Å². The van der Waals surface area contributed by atoms with E-state index in [2.05, 4.69) is 20.2 Å². The van der Waals surface area contributed by atoms with Crippen molar-refractivity contribution >= 4 is 29.0 Å². The third-order valence-electron chi connectivity index (χ3n) is 5.64. The van der Waals surface area contributed by atoms with Crippen LogP contribution < -0.4 is 20.7 Å². The van der Waals surface area contributed by atoms with E-state index < -0.39 is 5.41 Å². The quantitative estimate of drug-likeness (QED) is 0.848. The number of hydrogen-bond acceptors (Lipinski definition) is 6. The largest absolute Gasteiger partial charge is 0.351 e. The summed E-state index contributed by atoms with van der Waals surface area (Å²) in [6.07, 6.45) is 7.92. The molecule has 0 atom stereocenters. The fourth-order valence-electron chi connectivity index (χ4n) is 4.14. The Balaban J connectivity index is 1.75. The molecule has 28 heavy (non-hydrogen) atoms. The summed E-state index contributed by atoms with van der Waals surface area (Å²) < 4.78 is 0. The molecule has 0 bridgehead atoms. The monoisotopic (exact) mass is 382 g/mol. The fraction of sp³-hybridized carbons (Fsp3) is 0.500. The van der Waals surface area contributed by atoms with E-state index in [1.165, 1.54) is 18.9 Å². The lowest BCUT2D eigenvalue weighted by atomic mass is 9.91. The number of pyridine rings is 1. The molecule has 1 aliphatic heterocycles. The van der Waals surface area contributed by atoms with Crippen molar-refractivity contribution < 1.29 is 4.79 Å². The first-order valence-electron chi connectivity index (χ1n) is 9.73. The molecule has 1 fully saturated rings. The smallest absolute Gasteiger partial charge is 0.248 e. The number of aromatic amines is 1. The lowest BCUT2D eigenvalue weighted by Crippen LogP contribution is -2.45. The van der Waals surface area contributed by atoms with E-state index in [0.717, 1.165) is 24.3 Å². The summed E-state index contributed by atoms with van der Waals surface area (Å²) in [5.41, 5.74) is 0.757. The molecule has 2 aromatic heterocycles. The van der Waals surface area contributed by atoms with Crippen molar-refractivity contribution in [1.29, 1.82) is 0 Å². The first kappa shape index (κ1) is 18.5. The van der Waals surface area contributed by atoms with Gasteiger partial charge in [0.2, 0.25) is 17.4 Å². The number of H-pyrrole nitrogens is 1. The molecule has 2 aliphatic rings. The maximum atomic E-state index is 13.0. The number of nitrogens with zero attached hydrogens (tertiary/aromatic N) is 4. The minimum absolute atomic E-state index is 0.0687. The number of anilines is 4. The fourth-order valence-corrected chi connectivity index (χ4v) is 4.14. The molecular weight excluding hydrogens is 356 g/mol. The minimum atomic E-state index is -0.509. The van der Waals surface area contributed by atoms with Crippen LogP contribution in [0, 0.1) is 5.41 Å². The number of nitrogens with one attached hydrogen (secondary N) is 2. The lowest BCUT2D eigenvalue weighted by Gasteiger charge is -2.34. The van der Waals surface area contributed by atoms with Crippen molar-refractivity contribution in [2.75, 3.05) is 28.7 Å². The van der Waals surface area contributed by atoms with Crippen LogP contribution in [0.15, 0.2) is 29.3 Å². The molecule has 148 valence electrons. The highest BCUT2D eigenvalue weighted by Crippen LogP contribution is 2.40. The highest BCUT2D eigenvalue weighted by Gasteiger charge is 2.41. The van der Waals surface area contributed by atoms with Crippen molar-refractivity contribution in [1.82, 2.24) is 15.0 Å². The average Bonchev–Trinajstić information content (AvgIpc) is 3.19. The Kier molecular flexibility index (Phi) is 4.56. The highest BCUT2D eigenvalue weighted by molar-refractivity contribution is 6.00. The Morgan fingerprint density at radius 2 is 1.96 bits per heavy atom. The van der Waals surface area contributed by atoms with Crippen LogP contribution in [0.1, 0.15) is 39.5 Å². The predicted molar refractivity (Wildman–Crippen MR) is 109 cm³/mol. The van der Waals surface area contributed by atoms with Gasteiger partial charge in [0.1, 0.15) is 5.69 Å². The second-order valence-corrected chi connectivity index (χ2v) is 8.28. The highest BCUT2D eigenvalue weighted by atomic mass is 16.2. The Morgan fingerprint density at radius 3 is 2.64 bits per heavy atom. The molecule has 0 unspecified atom stereocenters. The predicted octanol–water partition coefficient (Wildman–Crippen LogP) is 2.66. The summed E-state index contributed by atoms with van der Waals surface area (Å²) in [5.74, 6) is 1.30. The number of hydrogen-bond donors (Lipinski definition) is 2. The molecular formula is C20H26N6O2. The van der Waals surface area contributed by atoms with E-state index in [1.54, 1.807) is 30.4 Å². The Morgan fingerprint density at radius 1 is 1.21 bits per heavy atom. The van der Waals surface area contributed by atoms with Crippen molar-refractivity contribution in [2.45, 2.75) is 45.6 Å². The molecule has 1 amide bonds. The number of carbonyl (C=O) groups is 1. The van der Waals surface area contributed by atoms with Crippen LogP contribution >= 0.6 is 0 Å². The molecule has 0 spiro atoms. The maximum Gasteiger partial charge on any atom is 0.248 e. The normalized spacial score (nSPS) is 19.5. The van der Waals surface area contributed by atoms with Gasteiger partial charge in [-0.3, -0.25) is 9.59 Å². The van der Waals surface area contributed by atoms with Crippen LogP contribution in [-0.4, -0.2) is 40.5 Å². The number of rotatable bonds is 3. The SMILES string of the molecule is CN1C(=O)C(C)(C)CN(C2CCCC2)c2nc(Nc3ccc(=O)[nH]c3)ncc21. The number of amides is 1. The van der Waals surface area contributed by atoms with E-state index in [-0.39, 0.29) is 11.5 Å². The van der Waals surface area contributed by atoms with Crippen LogP contribution in [0.5, 0.6) is 0 Å². The molecule has 2 aromatic rings. The van der Waals surface area contributed by atoms with Gasteiger partial charge in [-0.2, -0.15) is 4.98 Å². The molecule has 0 saturated heterocycles. The van der Waals surface area contributed by atoms with E-state index in [0.29, 0.717) is 24.2 Å². The van der Waals surface area contributed by atoms with Gasteiger partial charge in [0.25, 0.3) is 0 Å². The van der Waals surface area contributed by atoms with Gasteiger partial charge < -0.3 is 20.1 Å². The number of carbonyl (C=O) groups excluding carboxylic acids is 1. The van der Waals surface area contributed by atoms with Crippen LogP contribution in [0.4, 0.5) is 23.1 Å². The van der Waals surface area contributed by atoms with Gasteiger partial charge >= 0.3 is 0 Å². The minimum Gasteiger partial charge on any atom is -0.351 e. The summed E-state index contributed by atoms with van der Waals surface area (Å²) in [6, 6.07) is 3.51. The van der Waals surface area contributed by atoms with Crippen LogP contribution in [0.2, 0.25) is 0 Å². The molecule has 4 rings (SSSR count). The maximum absolute atomic E-state index is 13.0. The first-order chi connectivity index (χ1) is 13.3. The first-order valence-corrected chi connectivity index (χ1v) is 9.73. The summed E-state index contributed by atoms with van der Waals surface area (Å²) in [6.45, 7) is 4.61. The van der Waals surface area contributed by atoms with E-state index in [4.69, 9.17) is 4.98 Å². The summed E-state index contributed by atoms with van der Waals surface area (Å²) in [4.78, 5) is 40.1. The van der Waals surface area contributed by atoms with Gasteiger partial charge in [0.05, 0.1) is 17.3 Å². The lowest BCUT2D eigenvalue weighted by molar-refractivity contribution is -0.125. The van der Waals surface area contributed by atoms with Gasteiger partial charge in [-0.1, -0.05) is 12.8 Å². The standard InChI is InChI=1S/C20H26N6O2/c1-20(2)12-26(14-6-4-5-7-14)17-15(25(3)18(20)28)11-22-19(24-17)23-13-8-9-16(27)21-10-13/h8-11,14H,4-7,12H2,1-3H3,(H,21,27)(H,22,23,24). The average molecular weight is 382 g/mol. The van der Waals surface area contributed by atoms with E-state index in [1.807, 2.05) is 13.8 Å². The van der Waals surface area contributed by atoms with Gasteiger partial charge in [-0.25, -0.2) is 4.98 Å². The Labute approximate surface area is 164 Å². The van der Waals surface area contributed by atoms with Crippen molar-refractivity contribution in [2.24, 2.45) is 5.41 Å². The van der Waals surface area contributed by atoms with Crippen LogP contribution in [0.25, 0.3) is 0 Å². The molecule has 1 saturated carbocycles. The summed E-state index contributed by atoms with van der Waals surface area (Å²) in [5, 5.41) is 3.14. The Bertz CT molecular complexity index is 927. The van der Waals surface area contributed by atoms with Crippen molar-refractivity contribution in [3.05, 3.63) is 34.9 Å². The van der Waals surface area contributed by atoms with Crippen LogP contribution in [0.3, 0.4) is 0 Å². The van der Waals surface area contributed by atoms with E-state index >= 15 is 0 Å². The second-order valence-electron chi connectivity index (χ2n) is 8.28. The molecule has 8 heteroatoms. The third-order valence-corrected chi connectivity index (χ3v) is 5.64. The van der Waals surface area contributed by atoms with Gasteiger partial charge in [0.15, 0.2) is 5.82 Å². The molecule has 3 heterocycles. The number of fused-ring (bicyclic) bond motifs is 1. The zero-order valence-corrected chi connectivity index (χ0v) is 16.5. The van der Waals surface area contributed by atoms with Gasteiger partial charge in [-0.05, 0) is 32.8 Å². The van der Waals surface area contributed by atoms with Crippen molar-refractivity contribution in [3.63, 3.8) is 0 Å². The molecule has 2 N–H and O–H groups in total. The zero-order chi connectivity index (χ0) is 19.9. The molecule has 0 radical (unpaired) electrons. The Hall–Kier alpha value is -2.90. The van der Waals surface area contributed by atoms with E-state index in [9.17, 15) is 9.59 Å². The van der Waals surface area contributed by atoms with Gasteiger partial charge in [-0.15, -0.1) is 0 Å². The molecule has 1 aliphatic carbocycles.